The quantitative estimate of drug-likeness (QED) is 0.797. The summed E-state index contributed by atoms with van der Waals surface area (Å²) >= 11 is 0. The average molecular weight is 285 g/mol. The molecule has 1 fully saturated rings. The van der Waals surface area contributed by atoms with E-state index in [-0.39, 0.29) is 11.1 Å². The normalized spacial score (nSPS) is 22.8. The number of para-hydroxylation sites is 1. The Kier molecular flexibility index (Phi) is 3.70. The van der Waals surface area contributed by atoms with E-state index in [4.69, 9.17) is 0 Å². The first-order chi connectivity index (χ1) is 9.06. The highest BCUT2D eigenvalue weighted by molar-refractivity contribution is 6.74. The lowest BCUT2D eigenvalue weighted by Gasteiger charge is -2.50. The first-order valence-electron chi connectivity index (χ1n) is 7.23. The van der Waals surface area contributed by atoms with Crippen molar-refractivity contribution in [2.24, 2.45) is 0 Å². The fraction of sp³-hybridized carbons (Fsp3) is 0.600. The molecule has 1 saturated heterocycles. The minimum Gasteiger partial charge on any atom is -0.445 e. The summed E-state index contributed by atoms with van der Waals surface area (Å²) in [6.45, 7) is 3.31. The lowest BCUT2D eigenvalue weighted by Crippen LogP contribution is -3.23. The summed E-state index contributed by atoms with van der Waals surface area (Å²) < 4.78 is 40.1. The molecule has 20 heavy (non-hydrogen) atoms. The number of quaternary nitrogens is 1. The summed E-state index contributed by atoms with van der Waals surface area (Å²) in [5, 5.41) is 0. The van der Waals surface area contributed by atoms with Gasteiger partial charge in [-0.05, 0) is 45.6 Å². The van der Waals surface area contributed by atoms with E-state index in [2.05, 4.69) is 27.7 Å². The van der Waals surface area contributed by atoms with Crippen molar-refractivity contribution in [2.75, 3.05) is 0 Å². The molecule has 0 spiro atoms. The van der Waals surface area contributed by atoms with Crippen molar-refractivity contribution in [3.05, 3.63) is 24.3 Å². The van der Waals surface area contributed by atoms with E-state index in [1.54, 1.807) is 12.1 Å². The molecule has 1 aliphatic heterocycles. The molecule has 0 aromatic heterocycles. The minimum atomic E-state index is -4.98. The number of rotatable bonds is 2. The Balaban J connectivity index is 2.59. The molecular weight excluding hydrogens is 262 g/mol. The third kappa shape index (κ3) is 2.73. The second-order valence-corrected chi connectivity index (χ2v) is 7.16. The Morgan fingerprint density at radius 1 is 0.950 bits per heavy atom. The van der Waals surface area contributed by atoms with Crippen molar-refractivity contribution in [1.29, 1.82) is 0 Å². The number of hydrogen-bond donors (Lipinski definition) is 1. The van der Waals surface area contributed by atoms with Gasteiger partial charge >= 0.3 is 6.98 Å². The second kappa shape index (κ2) is 4.80. The fourth-order valence-electron chi connectivity index (χ4n) is 3.88. The first kappa shape index (κ1) is 15.4. The van der Waals surface area contributed by atoms with Crippen molar-refractivity contribution in [3.63, 3.8) is 0 Å². The van der Waals surface area contributed by atoms with Gasteiger partial charge < -0.3 is 12.9 Å². The summed E-state index contributed by atoms with van der Waals surface area (Å²) in [4.78, 5) is 0.964. The van der Waals surface area contributed by atoms with Crippen LogP contribution in [0.25, 0.3) is 0 Å². The van der Waals surface area contributed by atoms with E-state index in [1.807, 2.05) is 0 Å². The topological polar surface area (TPSA) is 4.44 Å². The maximum Gasteiger partial charge on any atom is 0.515 e. The molecule has 1 N–H and O–H groups in total. The van der Waals surface area contributed by atoms with Crippen LogP contribution >= 0.6 is 0 Å². The van der Waals surface area contributed by atoms with Gasteiger partial charge in [0.25, 0.3) is 0 Å². The molecular formula is C15H23BF3N. The van der Waals surface area contributed by atoms with E-state index in [1.165, 1.54) is 12.1 Å². The Labute approximate surface area is 119 Å². The van der Waals surface area contributed by atoms with Crippen LogP contribution in [0, 0.1) is 0 Å². The number of nitrogens with one attached hydrogen (secondary N) is 1. The van der Waals surface area contributed by atoms with Crippen molar-refractivity contribution in [1.82, 2.24) is 0 Å². The third-order valence-electron chi connectivity index (χ3n) is 4.54. The van der Waals surface area contributed by atoms with E-state index in [0.29, 0.717) is 5.69 Å². The van der Waals surface area contributed by atoms with Crippen LogP contribution in [0.4, 0.5) is 18.6 Å². The molecule has 1 aliphatic rings. The van der Waals surface area contributed by atoms with Crippen LogP contribution in [-0.4, -0.2) is 18.1 Å². The van der Waals surface area contributed by atoms with E-state index >= 15 is 0 Å². The molecule has 1 aromatic carbocycles. The van der Waals surface area contributed by atoms with Gasteiger partial charge in [0.2, 0.25) is 0 Å². The Morgan fingerprint density at radius 3 is 1.95 bits per heavy atom. The van der Waals surface area contributed by atoms with Crippen LogP contribution in [0.3, 0.4) is 0 Å². The van der Waals surface area contributed by atoms with Gasteiger partial charge in [-0.1, -0.05) is 18.2 Å². The summed E-state index contributed by atoms with van der Waals surface area (Å²) in [7, 11) is 0. The number of benzene rings is 1. The molecule has 1 aromatic rings. The number of hydrogen-bond acceptors (Lipinski definition) is 0. The lowest BCUT2D eigenvalue weighted by molar-refractivity contribution is -0.941. The zero-order valence-electron chi connectivity index (χ0n) is 12.6. The molecule has 5 heteroatoms. The zero-order valence-corrected chi connectivity index (χ0v) is 12.6. The standard InChI is InChI=1S/C15H22BF3N/c1-14(2)10-7-11-15(3,4)20(14)13-9-6-5-8-12(13)16(17,18)19/h5-6,8-9H,7,10-11H2,1-4H3/q-1/p+1. The number of piperidine rings is 1. The van der Waals surface area contributed by atoms with E-state index < -0.39 is 12.4 Å². The average Bonchev–Trinajstić information content (AvgIpc) is 2.25. The van der Waals surface area contributed by atoms with Gasteiger partial charge in [0.1, 0.15) is 5.69 Å². The first-order valence-corrected chi connectivity index (χ1v) is 7.23. The second-order valence-electron chi connectivity index (χ2n) is 7.16. The van der Waals surface area contributed by atoms with Gasteiger partial charge in [-0.3, -0.25) is 4.90 Å². The van der Waals surface area contributed by atoms with Gasteiger partial charge in [0, 0.05) is 12.8 Å². The molecule has 0 bridgehead atoms. The predicted octanol–water partition coefficient (Wildman–Crippen LogP) is 3.00. The monoisotopic (exact) mass is 285 g/mol. The van der Waals surface area contributed by atoms with Crippen molar-refractivity contribution >= 4 is 18.1 Å². The summed E-state index contributed by atoms with van der Waals surface area (Å²) in [6, 6.07) is 6.07. The largest absolute Gasteiger partial charge is 0.515 e. The smallest absolute Gasteiger partial charge is 0.445 e. The van der Waals surface area contributed by atoms with Gasteiger partial charge in [0.15, 0.2) is 0 Å². The fourth-order valence-corrected chi connectivity index (χ4v) is 3.88. The molecule has 0 radical (unpaired) electrons. The van der Waals surface area contributed by atoms with Crippen LogP contribution in [-0.2, 0) is 0 Å². The highest BCUT2D eigenvalue weighted by atomic mass is 19.4. The highest BCUT2D eigenvalue weighted by Crippen LogP contribution is 2.27. The van der Waals surface area contributed by atoms with Gasteiger partial charge in [0.05, 0.1) is 11.1 Å². The molecule has 1 nitrogen and oxygen atoms in total. The van der Waals surface area contributed by atoms with Crippen molar-refractivity contribution in [2.45, 2.75) is 58.0 Å². The van der Waals surface area contributed by atoms with Gasteiger partial charge in [-0.2, -0.15) is 0 Å². The molecule has 0 atom stereocenters. The van der Waals surface area contributed by atoms with E-state index in [9.17, 15) is 12.9 Å². The van der Waals surface area contributed by atoms with Gasteiger partial charge in [-0.25, -0.2) is 0 Å². The Bertz CT molecular complexity index is 478. The SMILES string of the molecule is CC1(C)CCCC(C)(C)[NH+]1c1ccccc1[B-](F)(F)F. The van der Waals surface area contributed by atoms with E-state index in [0.717, 1.165) is 24.2 Å². The summed E-state index contributed by atoms with van der Waals surface area (Å²) in [6.07, 6.45) is 2.97. The molecule has 0 unspecified atom stereocenters. The molecule has 0 saturated carbocycles. The molecule has 112 valence electrons. The lowest BCUT2D eigenvalue weighted by atomic mass is 9.74. The maximum atomic E-state index is 13.4. The molecule has 2 rings (SSSR count). The van der Waals surface area contributed by atoms with Gasteiger partial charge in [-0.15, -0.1) is 0 Å². The summed E-state index contributed by atoms with van der Waals surface area (Å²) in [5.41, 5.74) is -0.390. The van der Waals surface area contributed by atoms with Crippen LogP contribution in [0.1, 0.15) is 47.0 Å². The summed E-state index contributed by atoms with van der Waals surface area (Å²) in [5.74, 6) is 0. The highest BCUT2D eigenvalue weighted by Gasteiger charge is 2.48. The number of halogens is 3. The Hall–Kier alpha value is -0.965. The minimum absolute atomic E-state index is 0.181. The van der Waals surface area contributed by atoms with Crippen molar-refractivity contribution in [3.8, 4) is 0 Å². The molecule has 0 amide bonds. The van der Waals surface area contributed by atoms with Crippen LogP contribution in [0.5, 0.6) is 0 Å². The van der Waals surface area contributed by atoms with Crippen LogP contribution in [0.15, 0.2) is 24.3 Å². The van der Waals surface area contributed by atoms with Crippen LogP contribution in [0.2, 0.25) is 0 Å². The van der Waals surface area contributed by atoms with Crippen molar-refractivity contribution < 1.29 is 17.8 Å². The maximum absolute atomic E-state index is 13.4. The third-order valence-corrected chi connectivity index (χ3v) is 4.54. The molecule has 0 aliphatic carbocycles. The molecule has 1 heterocycles. The zero-order chi connectivity index (χ0) is 15.2. The van der Waals surface area contributed by atoms with Crippen LogP contribution < -0.4 is 10.4 Å². The predicted molar refractivity (Wildman–Crippen MR) is 77.8 cm³/mol. The Morgan fingerprint density at radius 2 is 1.45 bits per heavy atom.